The van der Waals surface area contributed by atoms with Gasteiger partial charge in [-0.2, -0.15) is 0 Å². The molecule has 0 aromatic rings. The van der Waals surface area contributed by atoms with Crippen molar-refractivity contribution in [1.29, 1.82) is 0 Å². The molecule has 1 aliphatic rings. The van der Waals surface area contributed by atoms with Crippen LogP contribution in [0.3, 0.4) is 0 Å². The fourth-order valence-electron chi connectivity index (χ4n) is 2.66. The van der Waals surface area contributed by atoms with Crippen LogP contribution in [-0.2, 0) is 14.6 Å². The molecule has 1 aliphatic heterocycles. The van der Waals surface area contributed by atoms with Crippen LogP contribution in [0.2, 0.25) is 0 Å². The van der Waals surface area contributed by atoms with E-state index in [-0.39, 0.29) is 5.75 Å². The Balaban J connectivity index is 2.34. The molecule has 0 radical (unpaired) electrons. The van der Waals surface area contributed by atoms with Crippen LogP contribution in [0.4, 0.5) is 0 Å². The summed E-state index contributed by atoms with van der Waals surface area (Å²) in [5, 5.41) is 3.55. The second-order valence-corrected chi connectivity index (χ2v) is 8.23. The summed E-state index contributed by atoms with van der Waals surface area (Å²) in [6.45, 7) is 5.76. The van der Waals surface area contributed by atoms with Gasteiger partial charge in [0.1, 0.15) is 9.84 Å². The number of hydrogen-bond donors (Lipinski definition) is 1. The first-order valence-corrected chi connectivity index (χ1v) is 9.95. The van der Waals surface area contributed by atoms with Crippen LogP contribution in [0, 0.1) is 0 Å². The normalized spacial score (nSPS) is 21.8. The lowest BCUT2D eigenvalue weighted by Gasteiger charge is -2.27. The third-order valence-corrected chi connectivity index (χ3v) is 5.74. The summed E-state index contributed by atoms with van der Waals surface area (Å²) >= 11 is 0. The van der Waals surface area contributed by atoms with E-state index in [0.717, 1.165) is 45.3 Å². The van der Waals surface area contributed by atoms with E-state index in [1.54, 1.807) is 6.92 Å². The topological polar surface area (TPSA) is 55.4 Å². The van der Waals surface area contributed by atoms with Crippen molar-refractivity contribution in [3.63, 3.8) is 0 Å². The van der Waals surface area contributed by atoms with Gasteiger partial charge in [-0.05, 0) is 51.5 Å². The third-order valence-electron chi connectivity index (χ3n) is 3.95. The van der Waals surface area contributed by atoms with Crippen LogP contribution < -0.4 is 5.32 Å². The standard InChI is InChI=1S/C15H31NO3S/c1-3-10-16-14(8-7-12-20(17,18)4-2)13-15-9-5-6-11-19-15/h14-16H,3-13H2,1-2H3. The van der Waals surface area contributed by atoms with Crippen molar-refractivity contribution >= 4 is 9.84 Å². The Morgan fingerprint density at radius 1 is 1.30 bits per heavy atom. The average molecular weight is 305 g/mol. The maximum absolute atomic E-state index is 11.5. The van der Waals surface area contributed by atoms with Crippen molar-refractivity contribution in [2.45, 2.75) is 70.9 Å². The van der Waals surface area contributed by atoms with E-state index in [1.165, 1.54) is 12.8 Å². The zero-order valence-electron chi connectivity index (χ0n) is 13.1. The van der Waals surface area contributed by atoms with E-state index in [1.807, 2.05) is 0 Å². The molecule has 0 aliphatic carbocycles. The van der Waals surface area contributed by atoms with Gasteiger partial charge in [-0.1, -0.05) is 13.8 Å². The molecule has 1 fully saturated rings. The average Bonchev–Trinajstić information content (AvgIpc) is 2.45. The number of hydrogen-bond acceptors (Lipinski definition) is 4. The summed E-state index contributed by atoms with van der Waals surface area (Å²) in [6.07, 6.45) is 7.76. The van der Waals surface area contributed by atoms with Gasteiger partial charge in [0.15, 0.2) is 0 Å². The van der Waals surface area contributed by atoms with Gasteiger partial charge in [0, 0.05) is 18.4 Å². The minimum Gasteiger partial charge on any atom is -0.378 e. The van der Waals surface area contributed by atoms with Crippen LogP contribution in [0.25, 0.3) is 0 Å². The minimum atomic E-state index is -2.83. The van der Waals surface area contributed by atoms with Crippen LogP contribution in [0.15, 0.2) is 0 Å². The molecule has 1 heterocycles. The highest BCUT2D eigenvalue weighted by atomic mass is 32.2. The fraction of sp³-hybridized carbons (Fsp3) is 1.00. The number of sulfone groups is 1. The Kier molecular flexibility index (Phi) is 8.73. The first-order valence-electron chi connectivity index (χ1n) is 8.12. The van der Waals surface area contributed by atoms with E-state index in [0.29, 0.717) is 17.9 Å². The Hall–Kier alpha value is -0.130. The van der Waals surface area contributed by atoms with Crippen molar-refractivity contribution < 1.29 is 13.2 Å². The van der Waals surface area contributed by atoms with Crippen molar-refractivity contribution in [3.05, 3.63) is 0 Å². The lowest BCUT2D eigenvalue weighted by molar-refractivity contribution is 0.00470. The molecule has 120 valence electrons. The molecule has 0 aromatic heterocycles. The first-order chi connectivity index (χ1) is 9.57. The van der Waals surface area contributed by atoms with Gasteiger partial charge in [0.05, 0.1) is 11.9 Å². The van der Waals surface area contributed by atoms with E-state index in [2.05, 4.69) is 12.2 Å². The van der Waals surface area contributed by atoms with Gasteiger partial charge in [-0.25, -0.2) is 8.42 Å². The van der Waals surface area contributed by atoms with Crippen molar-refractivity contribution in [1.82, 2.24) is 5.32 Å². The molecule has 1 rings (SSSR count). The number of nitrogens with one attached hydrogen (secondary N) is 1. The molecule has 4 nitrogen and oxygen atoms in total. The van der Waals surface area contributed by atoms with E-state index in [9.17, 15) is 8.42 Å². The molecule has 0 spiro atoms. The molecule has 2 atom stereocenters. The summed E-state index contributed by atoms with van der Waals surface area (Å²) in [5.41, 5.74) is 0. The van der Waals surface area contributed by atoms with Gasteiger partial charge in [-0.15, -0.1) is 0 Å². The van der Waals surface area contributed by atoms with Gasteiger partial charge < -0.3 is 10.1 Å². The van der Waals surface area contributed by atoms with E-state index >= 15 is 0 Å². The van der Waals surface area contributed by atoms with Crippen molar-refractivity contribution in [3.8, 4) is 0 Å². The predicted octanol–water partition coefficient (Wildman–Crippen LogP) is 2.53. The van der Waals surface area contributed by atoms with Gasteiger partial charge >= 0.3 is 0 Å². The molecule has 0 saturated carbocycles. The SMILES string of the molecule is CCCNC(CCCS(=O)(=O)CC)CC1CCCCO1. The maximum Gasteiger partial charge on any atom is 0.150 e. The quantitative estimate of drug-likeness (QED) is 0.674. The molecule has 1 N–H and O–H groups in total. The third kappa shape index (κ3) is 7.60. The lowest BCUT2D eigenvalue weighted by atomic mass is 9.99. The maximum atomic E-state index is 11.5. The van der Waals surface area contributed by atoms with Gasteiger partial charge in [0.25, 0.3) is 0 Å². The van der Waals surface area contributed by atoms with Crippen LogP contribution >= 0.6 is 0 Å². The highest BCUT2D eigenvalue weighted by Crippen LogP contribution is 2.19. The highest BCUT2D eigenvalue weighted by molar-refractivity contribution is 7.91. The van der Waals surface area contributed by atoms with E-state index < -0.39 is 9.84 Å². The van der Waals surface area contributed by atoms with Crippen molar-refractivity contribution in [2.24, 2.45) is 0 Å². The Morgan fingerprint density at radius 2 is 2.10 bits per heavy atom. The fourth-order valence-corrected chi connectivity index (χ4v) is 3.55. The molecule has 1 saturated heterocycles. The molecule has 2 unspecified atom stereocenters. The molecule has 20 heavy (non-hydrogen) atoms. The van der Waals surface area contributed by atoms with Crippen LogP contribution in [-0.4, -0.2) is 45.2 Å². The molecule has 0 bridgehead atoms. The molecular formula is C15H31NO3S. The van der Waals surface area contributed by atoms with Gasteiger partial charge in [0.2, 0.25) is 0 Å². The number of rotatable bonds is 10. The van der Waals surface area contributed by atoms with Crippen LogP contribution in [0.1, 0.15) is 58.8 Å². The highest BCUT2D eigenvalue weighted by Gasteiger charge is 2.19. The zero-order chi connectivity index (χ0) is 14.8. The van der Waals surface area contributed by atoms with Crippen LogP contribution in [0.5, 0.6) is 0 Å². The molecule has 0 aromatic carbocycles. The molecular weight excluding hydrogens is 274 g/mol. The van der Waals surface area contributed by atoms with Crippen molar-refractivity contribution in [2.75, 3.05) is 24.7 Å². The Labute approximate surface area is 124 Å². The second-order valence-electron chi connectivity index (χ2n) is 5.75. The summed E-state index contributed by atoms with van der Waals surface area (Å²) in [7, 11) is -2.83. The summed E-state index contributed by atoms with van der Waals surface area (Å²) < 4.78 is 28.9. The first kappa shape index (κ1) is 17.9. The zero-order valence-corrected chi connectivity index (χ0v) is 13.9. The molecule has 5 heteroatoms. The second kappa shape index (κ2) is 9.74. The summed E-state index contributed by atoms with van der Waals surface area (Å²) in [5.74, 6) is 0.575. The smallest absolute Gasteiger partial charge is 0.150 e. The summed E-state index contributed by atoms with van der Waals surface area (Å²) in [6, 6.07) is 0.394. The van der Waals surface area contributed by atoms with E-state index in [4.69, 9.17) is 4.74 Å². The monoisotopic (exact) mass is 305 g/mol. The lowest BCUT2D eigenvalue weighted by Crippen LogP contribution is -2.35. The predicted molar refractivity (Wildman–Crippen MR) is 83.9 cm³/mol. The largest absolute Gasteiger partial charge is 0.378 e. The Morgan fingerprint density at radius 3 is 2.70 bits per heavy atom. The molecule has 0 amide bonds. The Bertz CT molecular complexity index is 337. The summed E-state index contributed by atoms with van der Waals surface area (Å²) in [4.78, 5) is 0. The number of ether oxygens (including phenoxy) is 1. The minimum absolute atomic E-state index is 0.256. The van der Waals surface area contributed by atoms with Gasteiger partial charge in [-0.3, -0.25) is 0 Å².